The second-order valence-electron chi connectivity index (χ2n) is 9.05. The molecule has 1 aliphatic carbocycles. The molecule has 0 unspecified atom stereocenters. The van der Waals surface area contributed by atoms with Crippen LogP contribution in [0.3, 0.4) is 0 Å². The molecule has 32 heavy (non-hydrogen) atoms. The highest BCUT2D eigenvalue weighted by molar-refractivity contribution is 5.94. The van der Waals surface area contributed by atoms with Gasteiger partial charge in [0.05, 0.1) is 11.3 Å². The van der Waals surface area contributed by atoms with Crippen LogP contribution in [0.4, 0.5) is 4.39 Å². The third-order valence-corrected chi connectivity index (χ3v) is 6.76. The van der Waals surface area contributed by atoms with Crippen LogP contribution in [0.1, 0.15) is 78.3 Å². The fourth-order valence-electron chi connectivity index (χ4n) is 4.76. The minimum atomic E-state index is -0.302. The van der Waals surface area contributed by atoms with Gasteiger partial charge in [-0.3, -0.25) is 9.59 Å². The first-order chi connectivity index (χ1) is 15.5. The van der Waals surface area contributed by atoms with Crippen molar-refractivity contribution in [2.24, 2.45) is 5.92 Å². The van der Waals surface area contributed by atoms with Crippen LogP contribution >= 0.6 is 0 Å². The lowest BCUT2D eigenvalue weighted by Gasteiger charge is -2.32. The SMILES string of the molecule is Cc1nc(C2CCN(C(=O)CC3CCCC3)CC2)ncc1C(=O)NCc1ccc(F)cc1. The molecule has 0 bridgehead atoms. The Morgan fingerprint density at radius 3 is 2.44 bits per heavy atom. The highest BCUT2D eigenvalue weighted by Crippen LogP contribution is 2.30. The minimum Gasteiger partial charge on any atom is -0.348 e. The first-order valence-electron chi connectivity index (χ1n) is 11.6. The molecule has 2 amide bonds. The van der Waals surface area contributed by atoms with Crippen LogP contribution in [0.15, 0.2) is 30.5 Å². The van der Waals surface area contributed by atoms with Gasteiger partial charge in [-0.15, -0.1) is 0 Å². The number of aromatic nitrogens is 2. The van der Waals surface area contributed by atoms with Crippen LogP contribution < -0.4 is 5.32 Å². The quantitative estimate of drug-likeness (QED) is 0.736. The van der Waals surface area contributed by atoms with E-state index in [1.807, 2.05) is 11.8 Å². The van der Waals surface area contributed by atoms with Gasteiger partial charge in [0.2, 0.25) is 5.91 Å². The lowest BCUT2D eigenvalue weighted by Crippen LogP contribution is -2.38. The van der Waals surface area contributed by atoms with Crippen molar-refractivity contribution in [2.75, 3.05) is 13.1 Å². The van der Waals surface area contributed by atoms with Gasteiger partial charge < -0.3 is 10.2 Å². The lowest BCUT2D eigenvalue weighted by atomic mass is 9.94. The number of amides is 2. The van der Waals surface area contributed by atoms with Gasteiger partial charge in [0.25, 0.3) is 5.91 Å². The number of rotatable bonds is 6. The van der Waals surface area contributed by atoms with E-state index < -0.39 is 0 Å². The molecule has 1 aromatic carbocycles. The fraction of sp³-hybridized carbons (Fsp3) is 0.520. The summed E-state index contributed by atoms with van der Waals surface area (Å²) in [6.45, 7) is 3.63. The zero-order chi connectivity index (χ0) is 22.5. The molecule has 0 spiro atoms. The monoisotopic (exact) mass is 438 g/mol. The largest absolute Gasteiger partial charge is 0.348 e. The van der Waals surface area contributed by atoms with Crippen LogP contribution in [-0.2, 0) is 11.3 Å². The smallest absolute Gasteiger partial charge is 0.254 e. The van der Waals surface area contributed by atoms with E-state index in [0.717, 1.165) is 37.3 Å². The van der Waals surface area contributed by atoms with Gasteiger partial charge in [0, 0.05) is 38.2 Å². The summed E-state index contributed by atoms with van der Waals surface area (Å²) >= 11 is 0. The highest BCUT2D eigenvalue weighted by atomic mass is 19.1. The number of aryl methyl sites for hydroxylation is 1. The summed E-state index contributed by atoms with van der Waals surface area (Å²) < 4.78 is 13.0. The van der Waals surface area contributed by atoms with Gasteiger partial charge in [-0.1, -0.05) is 25.0 Å². The summed E-state index contributed by atoms with van der Waals surface area (Å²) in [5.41, 5.74) is 1.91. The molecule has 2 aliphatic rings. The predicted octanol–water partition coefficient (Wildman–Crippen LogP) is 4.14. The number of hydrogen-bond acceptors (Lipinski definition) is 4. The zero-order valence-corrected chi connectivity index (χ0v) is 18.6. The maximum Gasteiger partial charge on any atom is 0.254 e. The minimum absolute atomic E-state index is 0.209. The standard InChI is InChI=1S/C25H31FN4O2/c1-17-22(25(32)28-15-19-6-8-21(26)9-7-19)16-27-24(29-17)20-10-12-30(13-11-20)23(31)14-18-4-2-3-5-18/h6-9,16,18,20H,2-5,10-15H2,1H3,(H,28,32). The Bertz CT molecular complexity index is 949. The number of nitrogens with zero attached hydrogens (tertiary/aromatic N) is 3. The molecule has 1 saturated carbocycles. The third kappa shape index (κ3) is 5.50. The fourth-order valence-corrected chi connectivity index (χ4v) is 4.76. The number of likely N-dealkylation sites (tertiary alicyclic amines) is 1. The first-order valence-corrected chi connectivity index (χ1v) is 11.6. The van der Waals surface area contributed by atoms with Gasteiger partial charge in [-0.05, 0) is 56.2 Å². The van der Waals surface area contributed by atoms with Gasteiger partial charge in [-0.2, -0.15) is 0 Å². The molecule has 0 radical (unpaired) electrons. The molecule has 1 aliphatic heterocycles. The maximum absolute atomic E-state index is 13.0. The number of carbonyl (C=O) groups excluding carboxylic acids is 2. The van der Waals surface area contributed by atoms with Crippen LogP contribution in [-0.4, -0.2) is 39.8 Å². The van der Waals surface area contributed by atoms with Crippen LogP contribution in [0.2, 0.25) is 0 Å². The van der Waals surface area contributed by atoms with E-state index >= 15 is 0 Å². The Balaban J connectivity index is 1.29. The Kier molecular flexibility index (Phi) is 7.12. The number of piperidine rings is 1. The normalized spacial score (nSPS) is 17.5. The second kappa shape index (κ2) is 10.2. The molecule has 170 valence electrons. The van der Waals surface area contributed by atoms with Crippen molar-refractivity contribution in [3.63, 3.8) is 0 Å². The molecule has 1 saturated heterocycles. The molecule has 2 aromatic rings. The zero-order valence-electron chi connectivity index (χ0n) is 18.6. The molecule has 7 heteroatoms. The summed E-state index contributed by atoms with van der Waals surface area (Å²) in [6.07, 6.45) is 8.90. The van der Waals surface area contributed by atoms with E-state index in [-0.39, 0.29) is 17.6 Å². The average Bonchev–Trinajstić information content (AvgIpc) is 3.31. The molecule has 2 fully saturated rings. The molecule has 6 nitrogen and oxygen atoms in total. The molecule has 1 N–H and O–H groups in total. The molecular formula is C25H31FN4O2. The number of benzene rings is 1. The van der Waals surface area contributed by atoms with Gasteiger partial charge in [0.1, 0.15) is 11.6 Å². The van der Waals surface area contributed by atoms with E-state index in [1.165, 1.54) is 37.8 Å². The summed E-state index contributed by atoms with van der Waals surface area (Å²) in [7, 11) is 0. The van der Waals surface area contributed by atoms with E-state index in [9.17, 15) is 14.0 Å². The van der Waals surface area contributed by atoms with E-state index in [1.54, 1.807) is 18.3 Å². The Hall–Kier alpha value is -2.83. The van der Waals surface area contributed by atoms with E-state index in [2.05, 4.69) is 15.3 Å². The Labute approximate surface area is 188 Å². The topological polar surface area (TPSA) is 75.2 Å². The summed E-state index contributed by atoms with van der Waals surface area (Å²) in [4.78, 5) is 36.2. The van der Waals surface area contributed by atoms with E-state index in [0.29, 0.717) is 36.0 Å². The average molecular weight is 439 g/mol. The summed E-state index contributed by atoms with van der Waals surface area (Å²) in [5, 5.41) is 2.84. The predicted molar refractivity (Wildman–Crippen MR) is 119 cm³/mol. The van der Waals surface area contributed by atoms with E-state index in [4.69, 9.17) is 0 Å². The number of hydrogen-bond donors (Lipinski definition) is 1. The molecule has 2 heterocycles. The van der Waals surface area contributed by atoms with Crippen molar-refractivity contribution in [3.8, 4) is 0 Å². The number of halogens is 1. The molecule has 0 atom stereocenters. The van der Waals surface area contributed by atoms with Gasteiger partial charge in [0.15, 0.2) is 0 Å². The lowest BCUT2D eigenvalue weighted by molar-refractivity contribution is -0.133. The van der Waals surface area contributed by atoms with Crippen molar-refractivity contribution >= 4 is 11.8 Å². The number of nitrogens with one attached hydrogen (secondary N) is 1. The van der Waals surface area contributed by atoms with Crippen LogP contribution in [0.5, 0.6) is 0 Å². The van der Waals surface area contributed by atoms with Crippen molar-refractivity contribution in [2.45, 2.75) is 64.3 Å². The Morgan fingerprint density at radius 2 is 1.78 bits per heavy atom. The highest BCUT2D eigenvalue weighted by Gasteiger charge is 2.28. The molecular weight excluding hydrogens is 407 g/mol. The second-order valence-corrected chi connectivity index (χ2v) is 9.05. The summed E-state index contributed by atoms with van der Waals surface area (Å²) in [5.74, 6) is 1.28. The third-order valence-electron chi connectivity index (χ3n) is 6.76. The maximum atomic E-state index is 13.0. The van der Waals surface area contributed by atoms with Crippen molar-refractivity contribution in [1.82, 2.24) is 20.2 Å². The van der Waals surface area contributed by atoms with Gasteiger partial charge in [-0.25, -0.2) is 14.4 Å². The van der Waals surface area contributed by atoms with Crippen LogP contribution in [0, 0.1) is 18.7 Å². The van der Waals surface area contributed by atoms with Crippen LogP contribution in [0.25, 0.3) is 0 Å². The molecule has 1 aromatic heterocycles. The molecule has 4 rings (SSSR count). The Morgan fingerprint density at radius 1 is 1.09 bits per heavy atom. The summed E-state index contributed by atoms with van der Waals surface area (Å²) in [6, 6.07) is 6.04. The number of carbonyl (C=O) groups is 2. The van der Waals surface area contributed by atoms with Gasteiger partial charge >= 0.3 is 0 Å². The van der Waals surface area contributed by atoms with Crippen molar-refractivity contribution < 1.29 is 14.0 Å². The first kappa shape index (κ1) is 22.4. The van der Waals surface area contributed by atoms with Crippen molar-refractivity contribution in [1.29, 1.82) is 0 Å². The van der Waals surface area contributed by atoms with Crippen molar-refractivity contribution in [3.05, 3.63) is 58.9 Å².